The van der Waals surface area contributed by atoms with Crippen molar-refractivity contribution in [3.05, 3.63) is 29.3 Å². The van der Waals surface area contributed by atoms with E-state index in [1.165, 1.54) is 6.07 Å². The number of benzene rings is 1. The van der Waals surface area contributed by atoms with E-state index in [2.05, 4.69) is 0 Å². The van der Waals surface area contributed by atoms with Gasteiger partial charge >= 0.3 is 0 Å². The summed E-state index contributed by atoms with van der Waals surface area (Å²) >= 11 is 0. The van der Waals surface area contributed by atoms with Crippen molar-refractivity contribution in [2.24, 2.45) is 0 Å². The van der Waals surface area contributed by atoms with E-state index in [1.54, 1.807) is 12.1 Å². The normalized spacial score (nSPS) is 21.7. The van der Waals surface area contributed by atoms with Gasteiger partial charge in [0.15, 0.2) is 6.29 Å². The second-order valence-electron chi connectivity index (χ2n) is 5.47. The molecule has 1 N–H and O–H groups in total. The summed E-state index contributed by atoms with van der Waals surface area (Å²) in [6, 6.07) is 6.68. The molecule has 4 heteroatoms. The number of aromatic hydroxyl groups is 1. The van der Waals surface area contributed by atoms with E-state index in [-0.39, 0.29) is 5.75 Å². The van der Waals surface area contributed by atoms with Crippen LogP contribution in [-0.4, -0.2) is 16.3 Å². The van der Waals surface area contributed by atoms with E-state index in [9.17, 15) is 5.11 Å². The molecule has 0 saturated carbocycles. The van der Waals surface area contributed by atoms with Crippen LogP contribution in [0.5, 0.6) is 5.75 Å². The highest BCUT2D eigenvalue weighted by molar-refractivity contribution is 5.42. The Labute approximate surface area is 107 Å². The summed E-state index contributed by atoms with van der Waals surface area (Å²) in [4.78, 5) is 0. The molecule has 1 saturated heterocycles. The van der Waals surface area contributed by atoms with Crippen molar-refractivity contribution < 1.29 is 14.6 Å². The maximum Gasteiger partial charge on any atom is 0.188 e. The predicted molar refractivity (Wildman–Crippen MR) is 65.9 cm³/mol. The molecule has 2 rings (SSSR count). The van der Waals surface area contributed by atoms with Crippen LogP contribution >= 0.6 is 0 Å². The minimum atomic E-state index is -0.650. The number of rotatable bonds is 1. The van der Waals surface area contributed by atoms with Crippen molar-refractivity contribution in [2.45, 2.75) is 45.2 Å². The van der Waals surface area contributed by atoms with E-state index < -0.39 is 17.5 Å². The maximum atomic E-state index is 9.86. The summed E-state index contributed by atoms with van der Waals surface area (Å²) in [6.07, 6.45) is -0.650. The molecule has 0 radical (unpaired) electrons. The number of hydrogen-bond acceptors (Lipinski definition) is 4. The zero-order valence-corrected chi connectivity index (χ0v) is 11.0. The largest absolute Gasteiger partial charge is 0.507 e. The SMILES string of the molecule is CC1(C)OC(c2cc(C#N)ccc2O)OC1(C)C. The third-order valence-corrected chi connectivity index (χ3v) is 3.66. The molecule has 1 aromatic rings. The molecule has 18 heavy (non-hydrogen) atoms. The van der Waals surface area contributed by atoms with Crippen molar-refractivity contribution in [3.8, 4) is 11.8 Å². The summed E-state index contributed by atoms with van der Waals surface area (Å²) in [5, 5.41) is 18.7. The van der Waals surface area contributed by atoms with Crippen molar-refractivity contribution in [2.75, 3.05) is 0 Å². The molecule has 1 heterocycles. The Hall–Kier alpha value is -1.57. The Kier molecular flexibility index (Phi) is 2.84. The van der Waals surface area contributed by atoms with Gasteiger partial charge in [-0.3, -0.25) is 0 Å². The van der Waals surface area contributed by atoms with Gasteiger partial charge < -0.3 is 14.6 Å². The van der Waals surface area contributed by atoms with Crippen LogP contribution in [0.1, 0.15) is 45.1 Å². The fourth-order valence-electron chi connectivity index (χ4n) is 1.78. The van der Waals surface area contributed by atoms with Gasteiger partial charge in [-0.15, -0.1) is 0 Å². The van der Waals surface area contributed by atoms with Crippen molar-refractivity contribution >= 4 is 0 Å². The molecule has 96 valence electrons. The van der Waals surface area contributed by atoms with Crippen LogP contribution in [0.2, 0.25) is 0 Å². The number of ether oxygens (including phenoxy) is 2. The zero-order chi connectivity index (χ0) is 13.6. The highest BCUT2D eigenvalue weighted by Crippen LogP contribution is 2.46. The van der Waals surface area contributed by atoms with Gasteiger partial charge in [-0.25, -0.2) is 0 Å². The summed E-state index contributed by atoms with van der Waals surface area (Å²) in [7, 11) is 0. The lowest BCUT2D eigenvalue weighted by molar-refractivity contribution is -0.0905. The Morgan fingerprint density at radius 1 is 1.17 bits per heavy atom. The molecule has 1 aliphatic rings. The molecule has 4 nitrogen and oxygen atoms in total. The van der Waals surface area contributed by atoms with Crippen LogP contribution in [0.4, 0.5) is 0 Å². The second-order valence-corrected chi connectivity index (χ2v) is 5.47. The van der Waals surface area contributed by atoms with Gasteiger partial charge in [0, 0.05) is 0 Å². The Morgan fingerprint density at radius 2 is 1.72 bits per heavy atom. The van der Waals surface area contributed by atoms with Gasteiger partial charge in [-0.05, 0) is 45.9 Å². The zero-order valence-electron chi connectivity index (χ0n) is 11.0. The van der Waals surface area contributed by atoms with Gasteiger partial charge in [-0.1, -0.05) is 0 Å². The molecule has 0 unspecified atom stereocenters. The highest BCUT2D eigenvalue weighted by Gasteiger charge is 2.50. The van der Waals surface area contributed by atoms with Crippen LogP contribution in [0, 0.1) is 11.3 Å². The summed E-state index contributed by atoms with van der Waals surface area (Å²) in [5.41, 5.74) is 0.0321. The Bertz CT molecular complexity index is 498. The molecule has 0 amide bonds. The first-order chi connectivity index (χ1) is 8.27. The smallest absolute Gasteiger partial charge is 0.188 e. The Morgan fingerprint density at radius 3 is 2.22 bits per heavy atom. The molecule has 0 atom stereocenters. The minimum Gasteiger partial charge on any atom is -0.507 e. The van der Waals surface area contributed by atoms with Crippen molar-refractivity contribution in [1.82, 2.24) is 0 Å². The first-order valence-electron chi connectivity index (χ1n) is 5.85. The predicted octanol–water partition coefficient (Wildman–Crippen LogP) is 2.87. The molecular weight excluding hydrogens is 230 g/mol. The number of phenolic OH excluding ortho intramolecular Hbond substituents is 1. The standard InChI is InChI=1S/C14H17NO3/c1-13(2)14(3,4)18-12(17-13)10-7-9(8-15)5-6-11(10)16/h5-7,12,16H,1-4H3. The lowest BCUT2D eigenvalue weighted by Gasteiger charge is -2.30. The number of hydrogen-bond donors (Lipinski definition) is 1. The Balaban J connectivity index is 2.38. The molecule has 1 aromatic carbocycles. The molecular formula is C14H17NO3. The van der Waals surface area contributed by atoms with E-state index >= 15 is 0 Å². The van der Waals surface area contributed by atoms with Gasteiger partial charge in [0.25, 0.3) is 0 Å². The first-order valence-corrected chi connectivity index (χ1v) is 5.85. The van der Waals surface area contributed by atoms with E-state index in [1.807, 2.05) is 33.8 Å². The van der Waals surface area contributed by atoms with E-state index in [0.717, 1.165) is 0 Å². The fraction of sp³-hybridized carbons (Fsp3) is 0.500. The molecule has 0 aromatic heterocycles. The van der Waals surface area contributed by atoms with E-state index in [4.69, 9.17) is 14.7 Å². The number of nitrogens with zero attached hydrogens (tertiary/aromatic N) is 1. The van der Waals surface area contributed by atoms with Gasteiger partial charge in [0.2, 0.25) is 0 Å². The van der Waals surface area contributed by atoms with Crippen molar-refractivity contribution in [3.63, 3.8) is 0 Å². The fourth-order valence-corrected chi connectivity index (χ4v) is 1.78. The van der Waals surface area contributed by atoms with Crippen LogP contribution < -0.4 is 0 Å². The third kappa shape index (κ3) is 1.96. The topological polar surface area (TPSA) is 62.5 Å². The summed E-state index contributed by atoms with van der Waals surface area (Å²) < 4.78 is 11.7. The van der Waals surface area contributed by atoms with Gasteiger partial charge in [0.05, 0.1) is 28.4 Å². The number of nitriles is 1. The molecule has 0 bridgehead atoms. The molecule has 1 aliphatic heterocycles. The molecule has 0 spiro atoms. The quantitative estimate of drug-likeness (QED) is 0.828. The first kappa shape index (κ1) is 12.9. The number of phenols is 1. The molecule has 0 aliphatic carbocycles. The molecule has 1 fully saturated rings. The third-order valence-electron chi connectivity index (χ3n) is 3.66. The second kappa shape index (κ2) is 3.98. The summed E-state index contributed by atoms with van der Waals surface area (Å²) in [6.45, 7) is 7.77. The van der Waals surface area contributed by atoms with Crippen LogP contribution in [0.25, 0.3) is 0 Å². The average Bonchev–Trinajstić information content (AvgIpc) is 2.48. The van der Waals surface area contributed by atoms with Gasteiger partial charge in [0.1, 0.15) is 5.75 Å². The van der Waals surface area contributed by atoms with Crippen molar-refractivity contribution in [1.29, 1.82) is 5.26 Å². The highest BCUT2D eigenvalue weighted by atomic mass is 16.7. The van der Waals surface area contributed by atoms with Crippen LogP contribution in [0.3, 0.4) is 0 Å². The van der Waals surface area contributed by atoms with E-state index in [0.29, 0.717) is 11.1 Å². The lowest BCUT2D eigenvalue weighted by Crippen LogP contribution is -2.41. The van der Waals surface area contributed by atoms with Crippen LogP contribution in [0.15, 0.2) is 18.2 Å². The van der Waals surface area contributed by atoms with Crippen LogP contribution in [-0.2, 0) is 9.47 Å². The minimum absolute atomic E-state index is 0.0764. The van der Waals surface area contributed by atoms with Gasteiger partial charge in [-0.2, -0.15) is 5.26 Å². The monoisotopic (exact) mass is 247 g/mol. The lowest BCUT2D eigenvalue weighted by atomic mass is 9.90. The summed E-state index contributed by atoms with van der Waals surface area (Å²) in [5.74, 6) is 0.0764. The maximum absolute atomic E-state index is 9.86. The average molecular weight is 247 g/mol.